The van der Waals surface area contributed by atoms with Gasteiger partial charge in [-0.05, 0) is 61.4 Å². The normalized spacial score (nSPS) is 15.7. The predicted octanol–water partition coefficient (Wildman–Crippen LogP) is 4.05. The van der Waals surface area contributed by atoms with Crippen molar-refractivity contribution in [3.05, 3.63) is 64.3 Å². The van der Waals surface area contributed by atoms with Crippen LogP contribution in [0.15, 0.2) is 41.3 Å². The molecule has 1 aliphatic heterocycles. The van der Waals surface area contributed by atoms with Crippen molar-refractivity contribution in [3.63, 3.8) is 0 Å². The van der Waals surface area contributed by atoms with E-state index in [0.29, 0.717) is 29.9 Å². The van der Waals surface area contributed by atoms with Gasteiger partial charge in [0.05, 0.1) is 6.04 Å². The first-order valence-corrected chi connectivity index (χ1v) is 11.1. The number of amides is 1. The number of hydrogen-bond acceptors (Lipinski definition) is 5. The summed E-state index contributed by atoms with van der Waals surface area (Å²) in [4.78, 5) is 16.1. The van der Waals surface area contributed by atoms with E-state index in [2.05, 4.69) is 10.2 Å². The molecule has 0 aliphatic carbocycles. The van der Waals surface area contributed by atoms with E-state index in [1.807, 2.05) is 50.4 Å². The van der Waals surface area contributed by atoms with Gasteiger partial charge in [-0.25, -0.2) is 0 Å². The highest BCUT2D eigenvalue weighted by molar-refractivity contribution is 7.98. The van der Waals surface area contributed by atoms with Gasteiger partial charge in [-0.1, -0.05) is 18.2 Å². The van der Waals surface area contributed by atoms with E-state index in [-0.39, 0.29) is 24.3 Å². The number of thioether (sulfide) groups is 1. The predicted molar refractivity (Wildman–Crippen MR) is 118 cm³/mol. The first kappa shape index (κ1) is 20.5. The number of benzene rings is 2. The maximum Gasteiger partial charge on any atom is 0.273 e. The van der Waals surface area contributed by atoms with Gasteiger partial charge in [-0.2, -0.15) is 5.10 Å². The van der Waals surface area contributed by atoms with Gasteiger partial charge in [0.2, 0.25) is 0 Å². The fraction of sp³-hybridized carbons (Fsp3) is 0.304. The van der Waals surface area contributed by atoms with Crippen LogP contribution in [0.25, 0.3) is 11.3 Å². The number of H-pyrrole nitrogens is 1. The van der Waals surface area contributed by atoms with Crippen molar-refractivity contribution >= 4 is 17.7 Å². The third-order valence-electron chi connectivity index (χ3n) is 5.55. The average Bonchev–Trinajstić information content (AvgIpc) is 3.25. The van der Waals surface area contributed by atoms with E-state index in [1.54, 1.807) is 22.7 Å². The Morgan fingerprint density at radius 2 is 1.93 bits per heavy atom. The Hall–Kier alpha value is -2.77. The minimum Gasteiger partial charge on any atom is -0.507 e. The van der Waals surface area contributed by atoms with Gasteiger partial charge in [0.15, 0.2) is 0 Å². The maximum atomic E-state index is 13.2. The van der Waals surface area contributed by atoms with Crippen molar-refractivity contribution in [1.82, 2.24) is 15.1 Å². The zero-order valence-electron chi connectivity index (χ0n) is 17.3. The number of carbonyl (C=O) groups excluding carboxylic acids is 1. The number of carbonyl (C=O) groups is 1. The summed E-state index contributed by atoms with van der Waals surface area (Å²) < 4.78 is 0. The standard InChI is InChI=1S/C23H25N3O3S/c1-13-11-14(2)18(17(28)12-13)20-19-21(25-24-20)23(29)26(9-4-10-27)22(19)15-5-7-16(30-3)8-6-15/h5-8,11-12,22,27-28H,4,9-10H2,1-3H3,(H,24,25). The molecule has 0 saturated carbocycles. The molecule has 3 aromatic rings. The summed E-state index contributed by atoms with van der Waals surface area (Å²) in [6.07, 6.45) is 2.52. The second-order valence-corrected chi connectivity index (χ2v) is 8.47. The fourth-order valence-electron chi connectivity index (χ4n) is 4.24. The minimum absolute atomic E-state index is 0.0127. The molecule has 1 atom stereocenters. The zero-order valence-corrected chi connectivity index (χ0v) is 18.1. The van der Waals surface area contributed by atoms with Crippen LogP contribution in [-0.2, 0) is 0 Å². The van der Waals surface area contributed by atoms with Gasteiger partial charge in [-0.3, -0.25) is 9.89 Å². The molecule has 30 heavy (non-hydrogen) atoms. The molecule has 0 radical (unpaired) electrons. The van der Waals surface area contributed by atoms with Gasteiger partial charge < -0.3 is 15.1 Å². The molecule has 1 aliphatic rings. The van der Waals surface area contributed by atoms with Crippen molar-refractivity contribution in [3.8, 4) is 17.0 Å². The molecule has 0 spiro atoms. The first-order chi connectivity index (χ1) is 14.5. The number of rotatable bonds is 6. The molecule has 1 amide bonds. The highest BCUT2D eigenvalue weighted by atomic mass is 32.2. The second kappa shape index (κ2) is 8.16. The number of aryl methyl sites for hydroxylation is 2. The molecule has 0 fully saturated rings. The lowest BCUT2D eigenvalue weighted by Gasteiger charge is -2.26. The highest BCUT2D eigenvalue weighted by Crippen LogP contribution is 2.45. The Kier molecular flexibility index (Phi) is 5.58. The number of nitrogens with one attached hydrogen (secondary N) is 1. The number of aliphatic hydroxyl groups is 1. The molecule has 2 aromatic carbocycles. The molecule has 6 nitrogen and oxygen atoms in total. The van der Waals surface area contributed by atoms with Crippen LogP contribution in [0, 0.1) is 13.8 Å². The Labute approximate surface area is 179 Å². The molecule has 4 rings (SSSR count). The molecule has 7 heteroatoms. The summed E-state index contributed by atoms with van der Waals surface area (Å²) in [6, 6.07) is 11.5. The number of fused-ring (bicyclic) bond motifs is 1. The summed E-state index contributed by atoms with van der Waals surface area (Å²) >= 11 is 1.66. The van der Waals surface area contributed by atoms with Crippen LogP contribution in [0.2, 0.25) is 0 Å². The summed E-state index contributed by atoms with van der Waals surface area (Å²) in [5.41, 5.74) is 5.30. The number of phenolic OH excluding ortho intramolecular Hbond substituents is 1. The number of aromatic hydroxyl groups is 1. The number of phenols is 1. The van der Waals surface area contributed by atoms with E-state index in [0.717, 1.165) is 27.1 Å². The van der Waals surface area contributed by atoms with Crippen LogP contribution >= 0.6 is 11.8 Å². The SMILES string of the molecule is CSc1ccc(C2c3c(-c4c(C)cc(C)cc4O)n[nH]c3C(=O)N2CCCO)cc1. The van der Waals surface area contributed by atoms with E-state index in [4.69, 9.17) is 0 Å². The van der Waals surface area contributed by atoms with Gasteiger partial charge in [-0.15, -0.1) is 11.8 Å². The quantitative estimate of drug-likeness (QED) is 0.521. The largest absolute Gasteiger partial charge is 0.507 e. The van der Waals surface area contributed by atoms with Gasteiger partial charge in [0, 0.05) is 29.2 Å². The highest BCUT2D eigenvalue weighted by Gasteiger charge is 2.42. The van der Waals surface area contributed by atoms with Crippen molar-refractivity contribution in [2.24, 2.45) is 0 Å². The molecule has 2 heterocycles. The lowest BCUT2D eigenvalue weighted by molar-refractivity contribution is 0.0732. The first-order valence-electron chi connectivity index (χ1n) is 9.90. The smallest absolute Gasteiger partial charge is 0.273 e. The van der Waals surface area contributed by atoms with Crippen LogP contribution in [0.3, 0.4) is 0 Å². The van der Waals surface area contributed by atoms with E-state index < -0.39 is 0 Å². The summed E-state index contributed by atoms with van der Waals surface area (Å²) in [5.74, 6) is 0.0138. The van der Waals surface area contributed by atoms with Gasteiger partial charge in [0.25, 0.3) is 5.91 Å². The Balaban J connectivity index is 1.89. The fourth-order valence-corrected chi connectivity index (χ4v) is 4.65. The molecule has 1 aromatic heterocycles. The molecule has 3 N–H and O–H groups in total. The van der Waals surface area contributed by atoms with E-state index in [1.165, 1.54) is 0 Å². The van der Waals surface area contributed by atoms with Gasteiger partial charge in [0.1, 0.15) is 17.1 Å². The van der Waals surface area contributed by atoms with Crippen molar-refractivity contribution in [2.75, 3.05) is 19.4 Å². The third kappa shape index (κ3) is 3.38. The molecular formula is C23H25N3O3S. The second-order valence-electron chi connectivity index (χ2n) is 7.59. The Morgan fingerprint density at radius 3 is 2.57 bits per heavy atom. The number of aliphatic hydroxyl groups excluding tert-OH is 1. The molecule has 156 valence electrons. The number of nitrogens with zero attached hydrogens (tertiary/aromatic N) is 2. The third-order valence-corrected chi connectivity index (χ3v) is 6.29. The summed E-state index contributed by atoms with van der Waals surface area (Å²) in [5, 5.41) is 27.4. The topological polar surface area (TPSA) is 89.5 Å². The number of hydrogen-bond donors (Lipinski definition) is 3. The van der Waals surface area contributed by atoms with Crippen molar-refractivity contribution in [2.45, 2.75) is 31.2 Å². The molecule has 0 bridgehead atoms. The minimum atomic E-state index is -0.330. The van der Waals surface area contributed by atoms with Crippen molar-refractivity contribution < 1.29 is 15.0 Å². The molecule has 0 saturated heterocycles. The van der Waals surface area contributed by atoms with E-state index >= 15 is 0 Å². The monoisotopic (exact) mass is 423 g/mol. The maximum absolute atomic E-state index is 13.2. The van der Waals surface area contributed by atoms with Crippen LogP contribution < -0.4 is 0 Å². The average molecular weight is 424 g/mol. The number of aromatic nitrogens is 2. The van der Waals surface area contributed by atoms with Crippen LogP contribution in [0.5, 0.6) is 5.75 Å². The Morgan fingerprint density at radius 1 is 1.20 bits per heavy atom. The van der Waals surface area contributed by atoms with Crippen LogP contribution in [0.1, 0.15) is 45.2 Å². The lowest BCUT2D eigenvalue weighted by atomic mass is 9.93. The summed E-state index contributed by atoms with van der Waals surface area (Å²) in [7, 11) is 0. The van der Waals surface area contributed by atoms with Crippen LogP contribution in [-0.4, -0.2) is 50.6 Å². The lowest BCUT2D eigenvalue weighted by Crippen LogP contribution is -2.31. The van der Waals surface area contributed by atoms with Crippen LogP contribution in [0.4, 0.5) is 0 Å². The zero-order chi connectivity index (χ0) is 21.4. The number of aromatic amines is 1. The molecular weight excluding hydrogens is 398 g/mol. The van der Waals surface area contributed by atoms with Gasteiger partial charge >= 0.3 is 0 Å². The Bertz CT molecular complexity index is 1070. The van der Waals surface area contributed by atoms with E-state index in [9.17, 15) is 15.0 Å². The van der Waals surface area contributed by atoms with Crippen molar-refractivity contribution in [1.29, 1.82) is 0 Å². The summed E-state index contributed by atoms with van der Waals surface area (Å²) in [6.45, 7) is 4.32. The molecule has 1 unspecified atom stereocenters.